The van der Waals surface area contributed by atoms with E-state index in [0.29, 0.717) is 22.2 Å². The van der Waals surface area contributed by atoms with Gasteiger partial charge in [-0.1, -0.05) is 6.07 Å². The largest absolute Gasteiger partial charge is 0.488 e. The Labute approximate surface area is 123 Å². The third kappa shape index (κ3) is 2.85. The molecule has 0 aliphatic carbocycles. The Morgan fingerprint density at radius 3 is 3.00 bits per heavy atom. The number of aromatic carboxylic acids is 1. The zero-order chi connectivity index (χ0) is 14.8. The van der Waals surface area contributed by atoms with Crippen LogP contribution in [-0.4, -0.2) is 16.1 Å². The first-order chi connectivity index (χ1) is 10.1. The topological polar surface area (TPSA) is 59.4 Å². The minimum atomic E-state index is -0.993. The van der Waals surface area contributed by atoms with Crippen molar-refractivity contribution in [3.8, 4) is 5.75 Å². The van der Waals surface area contributed by atoms with E-state index >= 15 is 0 Å². The number of pyridine rings is 1. The number of rotatable bonds is 4. The van der Waals surface area contributed by atoms with Crippen LogP contribution in [0.2, 0.25) is 0 Å². The molecule has 1 aromatic carbocycles. The Balaban J connectivity index is 1.86. The molecule has 3 rings (SSSR count). The number of halogens is 1. The van der Waals surface area contributed by atoms with E-state index in [2.05, 4.69) is 4.98 Å². The minimum Gasteiger partial charge on any atom is -0.488 e. The highest BCUT2D eigenvalue weighted by atomic mass is 32.1. The molecule has 0 atom stereocenters. The molecule has 2 aromatic heterocycles. The van der Waals surface area contributed by atoms with Gasteiger partial charge in [0.1, 0.15) is 23.1 Å². The van der Waals surface area contributed by atoms with Crippen molar-refractivity contribution >= 4 is 28.2 Å². The zero-order valence-corrected chi connectivity index (χ0v) is 11.6. The van der Waals surface area contributed by atoms with Crippen molar-refractivity contribution in [3.63, 3.8) is 0 Å². The van der Waals surface area contributed by atoms with Gasteiger partial charge in [-0.05, 0) is 18.2 Å². The first-order valence-electron chi connectivity index (χ1n) is 6.11. The fraction of sp³-hybridized carbons (Fsp3) is 0.0667. The van der Waals surface area contributed by atoms with Gasteiger partial charge in [-0.15, -0.1) is 11.3 Å². The molecule has 6 heteroatoms. The van der Waals surface area contributed by atoms with Crippen LogP contribution in [0, 0.1) is 5.82 Å². The number of carboxylic acids is 1. The average molecular weight is 303 g/mol. The molecule has 0 radical (unpaired) electrons. The Kier molecular flexibility index (Phi) is 3.53. The maximum atomic E-state index is 13.6. The van der Waals surface area contributed by atoms with Crippen LogP contribution in [0.5, 0.6) is 5.75 Å². The third-order valence-corrected chi connectivity index (χ3v) is 3.83. The molecule has 21 heavy (non-hydrogen) atoms. The van der Waals surface area contributed by atoms with Crippen LogP contribution in [0.1, 0.15) is 15.2 Å². The van der Waals surface area contributed by atoms with Crippen molar-refractivity contribution in [3.05, 3.63) is 58.2 Å². The molecule has 4 nitrogen and oxygen atoms in total. The summed E-state index contributed by atoms with van der Waals surface area (Å²) in [5.41, 5.74) is 1.29. The second-order valence-corrected chi connectivity index (χ2v) is 5.29. The van der Waals surface area contributed by atoms with E-state index in [1.54, 1.807) is 23.7 Å². The molecule has 0 aliphatic rings. The summed E-state index contributed by atoms with van der Waals surface area (Å²) in [5, 5.41) is 11.2. The van der Waals surface area contributed by atoms with Crippen molar-refractivity contribution in [2.75, 3.05) is 0 Å². The summed E-state index contributed by atoms with van der Waals surface area (Å²) in [5.74, 6) is -0.899. The third-order valence-electron chi connectivity index (χ3n) is 2.93. The number of aromatic nitrogens is 1. The first-order valence-corrected chi connectivity index (χ1v) is 6.99. The van der Waals surface area contributed by atoms with E-state index in [0.717, 1.165) is 11.3 Å². The van der Waals surface area contributed by atoms with Crippen molar-refractivity contribution in [2.24, 2.45) is 0 Å². The van der Waals surface area contributed by atoms with Gasteiger partial charge in [-0.25, -0.2) is 9.18 Å². The van der Waals surface area contributed by atoms with Crippen LogP contribution in [-0.2, 0) is 6.61 Å². The summed E-state index contributed by atoms with van der Waals surface area (Å²) in [4.78, 5) is 15.2. The van der Waals surface area contributed by atoms with Gasteiger partial charge in [0.25, 0.3) is 0 Å². The lowest BCUT2D eigenvalue weighted by Crippen LogP contribution is -1.98. The lowest BCUT2D eigenvalue weighted by molar-refractivity contribution is 0.0702. The van der Waals surface area contributed by atoms with E-state index < -0.39 is 5.97 Å². The smallest absolute Gasteiger partial charge is 0.346 e. The van der Waals surface area contributed by atoms with Crippen LogP contribution >= 0.6 is 11.3 Å². The second kappa shape index (κ2) is 5.49. The summed E-state index contributed by atoms with van der Waals surface area (Å²) >= 11 is 1.09. The van der Waals surface area contributed by atoms with E-state index in [1.807, 2.05) is 0 Å². The summed E-state index contributed by atoms with van der Waals surface area (Å²) < 4.78 is 19.1. The maximum absolute atomic E-state index is 13.6. The highest BCUT2D eigenvalue weighted by Crippen LogP contribution is 2.24. The molecule has 106 valence electrons. The molecule has 0 aliphatic heterocycles. The van der Waals surface area contributed by atoms with Gasteiger partial charge in [0.05, 0.1) is 5.52 Å². The number of hydrogen-bond acceptors (Lipinski definition) is 4. The Morgan fingerprint density at radius 2 is 2.24 bits per heavy atom. The fourth-order valence-corrected chi connectivity index (χ4v) is 2.67. The van der Waals surface area contributed by atoms with Gasteiger partial charge in [0.2, 0.25) is 0 Å². The highest BCUT2D eigenvalue weighted by Gasteiger charge is 2.10. The molecule has 0 amide bonds. The number of carbonyl (C=O) groups is 1. The normalized spacial score (nSPS) is 10.7. The van der Waals surface area contributed by atoms with Gasteiger partial charge >= 0.3 is 5.97 Å². The number of thiophene rings is 1. The molecule has 1 N–H and O–H groups in total. The molecule has 3 aromatic rings. The second-order valence-electron chi connectivity index (χ2n) is 4.38. The van der Waals surface area contributed by atoms with Gasteiger partial charge in [-0.2, -0.15) is 0 Å². The number of fused-ring (bicyclic) bond motifs is 1. The number of ether oxygens (including phenoxy) is 1. The van der Waals surface area contributed by atoms with Crippen LogP contribution in [0.15, 0.2) is 41.9 Å². The zero-order valence-electron chi connectivity index (χ0n) is 10.7. The number of nitrogens with zero attached hydrogens (tertiary/aromatic N) is 1. The maximum Gasteiger partial charge on any atom is 0.346 e. The minimum absolute atomic E-state index is 0.126. The summed E-state index contributed by atoms with van der Waals surface area (Å²) in [6, 6.07) is 7.76. The van der Waals surface area contributed by atoms with Gasteiger partial charge in [-0.3, -0.25) is 4.98 Å². The molecule has 0 saturated carbocycles. The standard InChI is InChI=1S/C15H10FNO3S/c16-11-4-9-2-1-3-17-14(9)10(5-11)7-20-12-6-13(15(18)19)21-8-12/h1-6,8H,7H2,(H,18,19). The number of hydrogen-bond donors (Lipinski definition) is 1. The van der Waals surface area contributed by atoms with Crippen LogP contribution in [0.4, 0.5) is 4.39 Å². The highest BCUT2D eigenvalue weighted by molar-refractivity contribution is 7.12. The summed E-state index contributed by atoms with van der Waals surface area (Å²) in [7, 11) is 0. The van der Waals surface area contributed by atoms with E-state index in [1.165, 1.54) is 18.2 Å². The molecular formula is C15H10FNO3S. The lowest BCUT2D eigenvalue weighted by Gasteiger charge is -2.07. The Hall–Kier alpha value is -2.47. The van der Waals surface area contributed by atoms with Gasteiger partial charge in [0.15, 0.2) is 0 Å². The fourth-order valence-electron chi connectivity index (χ4n) is 2.01. The van der Waals surface area contributed by atoms with Crippen molar-refractivity contribution in [1.82, 2.24) is 4.98 Å². The molecule has 0 saturated heterocycles. The molecule has 0 bridgehead atoms. The van der Waals surface area contributed by atoms with Crippen LogP contribution in [0.3, 0.4) is 0 Å². The number of carboxylic acid groups (broad SMARTS) is 1. The molecular weight excluding hydrogens is 293 g/mol. The average Bonchev–Trinajstić information content (AvgIpc) is 2.93. The molecule has 2 heterocycles. The van der Waals surface area contributed by atoms with Gasteiger partial charge in [0, 0.05) is 28.6 Å². The predicted octanol–water partition coefficient (Wildman–Crippen LogP) is 3.71. The molecule has 0 fully saturated rings. The van der Waals surface area contributed by atoms with Crippen LogP contribution < -0.4 is 4.74 Å². The predicted molar refractivity (Wildman–Crippen MR) is 77.3 cm³/mol. The van der Waals surface area contributed by atoms with E-state index in [9.17, 15) is 9.18 Å². The van der Waals surface area contributed by atoms with E-state index in [4.69, 9.17) is 9.84 Å². The first kappa shape index (κ1) is 13.5. The summed E-state index contributed by atoms with van der Waals surface area (Å²) in [6.45, 7) is 0.126. The quantitative estimate of drug-likeness (QED) is 0.798. The van der Waals surface area contributed by atoms with Crippen LogP contribution in [0.25, 0.3) is 10.9 Å². The van der Waals surface area contributed by atoms with Crippen molar-refractivity contribution in [1.29, 1.82) is 0 Å². The van der Waals surface area contributed by atoms with E-state index in [-0.39, 0.29) is 17.3 Å². The van der Waals surface area contributed by atoms with Gasteiger partial charge < -0.3 is 9.84 Å². The number of benzene rings is 1. The summed E-state index contributed by atoms with van der Waals surface area (Å²) in [6.07, 6.45) is 1.64. The Bertz CT molecular complexity index is 816. The molecule has 0 unspecified atom stereocenters. The molecule has 0 spiro atoms. The van der Waals surface area contributed by atoms with Crippen molar-refractivity contribution < 1.29 is 19.0 Å². The lowest BCUT2D eigenvalue weighted by atomic mass is 10.1. The van der Waals surface area contributed by atoms with Crippen molar-refractivity contribution in [2.45, 2.75) is 6.61 Å². The monoisotopic (exact) mass is 303 g/mol. The Morgan fingerprint density at radius 1 is 1.38 bits per heavy atom. The SMILES string of the molecule is O=C(O)c1cc(OCc2cc(F)cc3cccnc23)cs1.